The van der Waals surface area contributed by atoms with Crippen molar-refractivity contribution >= 4 is 0 Å². The molecular weight excluding hydrogens is 244 g/mol. The number of piperidine rings is 1. The molecule has 0 aromatic carbocycles. The fraction of sp³-hybridized carbons (Fsp3) is 1.00. The monoisotopic (exact) mass is 280 g/mol. The Morgan fingerprint density at radius 1 is 1.00 bits per heavy atom. The second-order valence-corrected chi connectivity index (χ2v) is 7.91. The zero-order valence-electron chi connectivity index (χ0n) is 14.2. The van der Waals surface area contributed by atoms with Crippen LogP contribution in [-0.2, 0) is 0 Å². The number of nitrogens with one attached hydrogen (secondary N) is 1. The molecule has 1 saturated heterocycles. The molecule has 0 aromatic rings. The molecule has 3 atom stereocenters. The van der Waals surface area contributed by atoms with Crippen molar-refractivity contribution in [3.63, 3.8) is 0 Å². The van der Waals surface area contributed by atoms with Crippen LogP contribution in [-0.4, -0.2) is 37.1 Å². The third kappa shape index (κ3) is 4.73. The Balaban J connectivity index is 1.71. The minimum absolute atomic E-state index is 0.766. The van der Waals surface area contributed by atoms with Crippen LogP contribution >= 0.6 is 0 Å². The van der Waals surface area contributed by atoms with Crippen molar-refractivity contribution in [1.82, 2.24) is 10.2 Å². The van der Waals surface area contributed by atoms with Crippen molar-refractivity contribution in [1.29, 1.82) is 0 Å². The molecule has 1 saturated carbocycles. The van der Waals surface area contributed by atoms with Gasteiger partial charge in [-0.25, -0.2) is 0 Å². The van der Waals surface area contributed by atoms with E-state index in [1.165, 1.54) is 58.3 Å². The fourth-order valence-corrected chi connectivity index (χ4v) is 4.13. The highest BCUT2D eigenvalue weighted by atomic mass is 15.1. The van der Waals surface area contributed by atoms with Crippen molar-refractivity contribution < 1.29 is 0 Å². The highest BCUT2D eigenvalue weighted by Gasteiger charge is 2.30. The standard InChI is InChI=1S/C18H36N2/c1-14(2)17-6-5-16(4)13-18(17)19-9-12-20-10-7-15(3)8-11-20/h14-19H,5-13H2,1-4H3. The van der Waals surface area contributed by atoms with Crippen LogP contribution in [0.3, 0.4) is 0 Å². The first-order chi connectivity index (χ1) is 9.56. The van der Waals surface area contributed by atoms with Crippen molar-refractivity contribution in [2.45, 2.75) is 65.8 Å². The van der Waals surface area contributed by atoms with Crippen LogP contribution in [0.4, 0.5) is 0 Å². The second-order valence-electron chi connectivity index (χ2n) is 7.91. The summed E-state index contributed by atoms with van der Waals surface area (Å²) in [5, 5.41) is 3.90. The summed E-state index contributed by atoms with van der Waals surface area (Å²) >= 11 is 0. The predicted molar refractivity (Wildman–Crippen MR) is 88.0 cm³/mol. The van der Waals surface area contributed by atoms with Gasteiger partial charge in [-0.2, -0.15) is 0 Å². The van der Waals surface area contributed by atoms with Gasteiger partial charge in [-0.1, -0.05) is 34.1 Å². The second kappa shape index (κ2) is 7.79. The van der Waals surface area contributed by atoms with E-state index < -0.39 is 0 Å². The largest absolute Gasteiger partial charge is 0.312 e. The molecule has 2 aliphatic rings. The van der Waals surface area contributed by atoms with Crippen LogP contribution in [0.15, 0.2) is 0 Å². The van der Waals surface area contributed by atoms with Gasteiger partial charge in [-0.3, -0.25) is 0 Å². The Morgan fingerprint density at radius 3 is 2.35 bits per heavy atom. The molecule has 1 heterocycles. The van der Waals surface area contributed by atoms with E-state index in [0.717, 1.165) is 29.7 Å². The number of nitrogens with zero attached hydrogens (tertiary/aromatic N) is 1. The van der Waals surface area contributed by atoms with Gasteiger partial charge in [0, 0.05) is 19.1 Å². The van der Waals surface area contributed by atoms with E-state index in [0.29, 0.717) is 0 Å². The minimum atomic E-state index is 0.766. The zero-order chi connectivity index (χ0) is 14.5. The van der Waals surface area contributed by atoms with Crippen molar-refractivity contribution in [2.75, 3.05) is 26.2 Å². The van der Waals surface area contributed by atoms with Gasteiger partial charge in [0.2, 0.25) is 0 Å². The highest BCUT2D eigenvalue weighted by molar-refractivity contribution is 4.85. The first-order valence-electron chi connectivity index (χ1n) is 9.02. The first kappa shape index (κ1) is 16.3. The lowest BCUT2D eigenvalue weighted by Gasteiger charge is -2.38. The molecule has 0 amide bonds. The Kier molecular flexibility index (Phi) is 6.35. The summed E-state index contributed by atoms with van der Waals surface area (Å²) in [5.41, 5.74) is 0. The van der Waals surface area contributed by atoms with E-state index in [2.05, 4.69) is 37.9 Å². The van der Waals surface area contributed by atoms with Crippen LogP contribution in [0.5, 0.6) is 0 Å². The maximum atomic E-state index is 3.90. The van der Waals surface area contributed by atoms with Crippen LogP contribution in [0.2, 0.25) is 0 Å². The molecule has 2 heteroatoms. The maximum absolute atomic E-state index is 3.90. The van der Waals surface area contributed by atoms with Gasteiger partial charge in [-0.15, -0.1) is 0 Å². The molecule has 1 aliphatic heterocycles. The molecule has 2 fully saturated rings. The highest BCUT2D eigenvalue weighted by Crippen LogP contribution is 2.33. The van der Waals surface area contributed by atoms with Gasteiger partial charge in [0.15, 0.2) is 0 Å². The predicted octanol–water partition coefficient (Wildman–Crippen LogP) is 3.77. The Morgan fingerprint density at radius 2 is 1.70 bits per heavy atom. The Hall–Kier alpha value is -0.0800. The summed E-state index contributed by atoms with van der Waals surface area (Å²) in [4.78, 5) is 2.66. The van der Waals surface area contributed by atoms with Gasteiger partial charge in [0.1, 0.15) is 0 Å². The lowest BCUT2D eigenvalue weighted by Crippen LogP contribution is -2.46. The number of hydrogen-bond donors (Lipinski definition) is 1. The van der Waals surface area contributed by atoms with E-state index in [1.807, 2.05) is 0 Å². The van der Waals surface area contributed by atoms with E-state index >= 15 is 0 Å². The van der Waals surface area contributed by atoms with Gasteiger partial charge >= 0.3 is 0 Å². The van der Waals surface area contributed by atoms with E-state index in [1.54, 1.807) is 0 Å². The SMILES string of the molecule is CC1CCN(CCNC2CC(C)CCC2C(C)C)CC1. The van der Waals surface area contributed by atoms with Crippen LogP contribution in [0.25, 0.3) is 0 Å². The van der Waals surface area contributed by atoms with Crippen LogP contribution < -0.4 is 5.32 Å². The first-order valence-corrected chi connectivity index (χ1v) is 9.02. The molecule has 1 N–H and O–H groups in total. The van der Waals surface area contributed by atoms with Crippen LogP contribution in [0.1, 0.15) is 59.8 Å². The summed E-state index contributed by atoms with van der Waals surface area (Å²) in [6.45, 7) is 14.7. The van der Waals surface area contributed by atoms with Gasteiger partial charge in [0.05, 0.1) is 0 Å². The van der Waals surface area contributed by atoms with Crippen LogP contribution in [0, 0.1) is 23.7 Å². The lowest BCUT2D eigenvalue weighted by atomic mass is 9.74. The molecule has 0 aromatic heterocycles. The molecule has 118 valence electrons. The van der Waals surface area contributed by atoms with E-state index in [-0.39, 0.29) is 0 Å². The summed E-state index contributed by atoms with van der Waals surface area (Å²) in [6, 6.07) is 0.766. The topological polar surface area (TPSA) is 15.3 Å². The minimum Gasteiger partial charge on any atom is -0.312 e. The van der Waals surface area contributed by atoms with Gasteiger partial charge in [0.25, 0.3) is 0 Å². The fourth-order valence-electron chi connectivity index (χ4n) is 4.13. The number of hydrogen-bond acceptors (Lipinski definition) is 2. The van der Waals surface area contributed by atoms with Crippen molar-refractivity contribution in [3.05, 3.63) is 0 Å². The smallest absolute Gasteiger partial charge is 0.0107 e. The van der Waals surface area contributed by atoms with Gasteiger partial charge < -0.3 is 10.2 Å². The molecule has 20 heavy (non-hydrogen) atoms. The molecule has 2 nitrogen and oxygen atoms in total. The summed E-state index contributed by atoms with van der Waals surface area (Å²) in [7, 11) is 0. The molecular formula is C18H36N2. The number of rotatable bonds is 5. The molecule has 0 bridgehead atoms. The summed E-state index contributed by atoms with van der Waals surface area (Å²) in [6.07, 6.45) is 7.05. The van der Waals surface area contributed by atoms with E-state index in [4.69, 9.17) is 0 Å². The van der Waals surface area contributed by atoms with Crippen molar-refractivity contribution in [3.8, 4) is 0 Å². The van der Waals surface area contributed by atoms with E-state index in [9.17, 15) is 0 Å². The quantitative estimate of drug-likeness (QED) is 0.824. The molecule has 3 unspecified atom stereocenters. The Bertz CT molecular complexity index is 269. The third-order valence-electron chi connectivity index (χ3n) is 5.73. The maximum Gasteiger partial charge on any atom is 0.0107 e. The zero-order valence-corrected chi connectivity index (χ0v) is 14.2. The summed E-state index contributed by atoms with van der Waals surface area (Å²) < 4.78 is 0. The summed E-state index contributed by atoms with van der Waals surface area (Å²) in [5.74, 6) is 3.59. The normalized spacial score (nSPS) is 33.8. The average molecular weight is 281 g/mol. The molecule has 2 rings (SSSR count). The lowest BCUT2D eigenvalue weighted by molar-refractivity contribution is 0.154. The molecule has 0 spiro atoms. The molecule has 0 radical (unpaired) electrons. The number of likely N-dealkylation sites (tertiary alicyclic amines) is 1. The third-order valence-corrected chi connectivity index (χ3v) is 5.73. The molecule has 1 aliphatic carbocycles. The Labute approximate surface area is 126 Å². The average Bonchev–Trinajstić information content (AvgIpc) is 2.41. The van der Waals surface area contributed by atoms with Gasteiger partial charge in [-0.05, 0) is 62.4 Å². The van der Waals surface area contributed by atoms with Crippen molar-refractivity contribution in [2.24, 2.45) is 23.7 Å².